The molecule has 2 heterocycles. The van der Waals surface area contributed by atoms with Gasteiger partial charge in [-0.1, -0.05) is 12.8 Å². The highest BCUT2D eigenvalue weighted by molar-refractivity contribution is 14.0. The third-order valence-corrected chi connectivity index (χ3v) is 5.21. The van der Waals surface area contributed by atoms with E-state index in [-0.39, 0.29) is 24.0 Å². The Morgan fingerprint density at radius 3 is 2.60 bits per heavy atom. The number of ether oxygens (including phenoxy) is 1. The second kappa shape index (κ2) is 10.3. The number of hydrogen-bond donors (Lipinski definition) is 1. The molecule has 8 heteroatoms. The van der Waals surface area contributed by atoms with E-state index >= 15 is 0 Å². The Labute approximate surface area is 167 Å². The highest BCUT2D eigenvalue weighted by Crippen LogP contribution is 2.26. The maximum atomic E-state index is 6.15. The summed E-state index contributed by atoms with van der Waals surface area (Å²) in [5.74, 6) is 2.65. The predicted molar refractivity (Wildman–Crippen MR) is 109 cm³/mol. The molecule has 0 aromatic carbocycles. The van der Waals surface area contributed by atoms with Crippen molar-refractivity contribution in [3.63, 3.8) is 0 Å². The molecule has 1 N–H and O–H groups in total. The number of piperidine rings is 1. The number of aryl methyl sites for hydroxylation is 1. The van der Waals surface area contributed by atoms with Gasteiger partial charge in [0.25, 0.3) is 0 Å². The standard InChI is InChI=1S/C17H30N6O.HI/c1-18-17(19-11-16-20-13-21-22(16)2)23-9-7-15(8-10-23)24-12-14-5-3-4-6-14;/h13-15H,3-12H2,1-2H3,(H,18,19);1H. The van der Waals surface area contributed by atoms with Gasteiger partial charge in [0.05, 0.1) is 12.6 Å². The molecule has 7 nitrogen and oxygen atoms in total. The second-order valence-corrected chi connectivity index (χ2v) is 6.87. The number of nitrogens with zero attached hydrogens (tertiary/aromatic N) is 5. The molecular formula is C17H31IN6O. The largest absolute Gasteiger partial charge is 0.378 e. The van der Waals surface area contributed by atoms with Crippen LogP contribution in [0.25, 0.3) is 0 Å². The van der Waals surface area contributed by atoms with Gasteiger partial charge in [-0.3, -0.25) is 9.67 Å². The molecule has 0 radical (unpaired) electrons. The first-order chi connectivity index (χ1) is 11.8. The minimum atomic E-state index is 0. The predicted octanol–water partition coefficient (Wildman–Crippen LogP) is 2.18. The van der Waals surface area contributed by atoms with Gasteiger partial charge in [0, 0.05) is 33.8 Å². The van der Waals surface area contributed by atoms with Crippen LogP contribution in [0.5, 0.6) is 0 Å². The van der Waals surface area contributed by atoms with E-state index in [1.54, 1.807) is 11.0 Å². The van der Waals surface area contributed by atoms with Gasteiger partial charge in [0.2, 0.25) is 0 Å². The zero-order chi connectivity index (χ0) is 16.8. The fourth-order valence-electron chi connectivity index (χ4n) is 3.65. The minimum Gasteiger partial charge on any atom is -0.378 e. The van der Waals surface area contributed by atoms with Crippen LogP contribution in [0.3, 0.4) is 0 Å². The van der Waals surface area contributed by atoms with Crippen LogP contribution in [0.15, 0.2) is 11.3 Å². The topological polar surface area (TPSA) is 67.6 Å². The van der Waals surface area contributed by atoms with Gasteiger partial charge in [0.15, 0.2) is 5.96 Å². The lowest BCUT2D eigenvalue weighted by atomic mass is 10.1. The molecule has 2 fully saturated rings. The third-order valence-electron chi connectivity index (χ3n) is 5.21. The van der Waals surface area contributed by atoms with Gasteiger partial charge < -0.3 is 15.0 Å². The van der Waals surface area contributed by atoms with Crippen LogP contribution in [0, 0.1) is 5.92 Å². The highest BCUT2D eigenvalue weighted by Gasteiger charge is 2.24. The van der Waals surface area contributed by atoms with E-state index in [9.17, 15) is 0 Å². The van der Waals surface area contributed by atoms with Crippen molar-refractivity contribution in [1.29, 1.82) is 0 Å². The molecule has 0 atom stereocenters. The number of hydrogen-bond acceptors (Lipinski definition) is 4. The molecule has 1 aliphatic heterocycles. The summed E-state index contributed by atoms with van der Waals surface area (Å²) in [7, 11) is 3.74. The molecule has 1 aromatic rings. The molecule has 0 amide bonds. The number of nitrogens with one attached hydrogen (secondary N) is 1. The van der Waals surface area contributed by atoms with Crippen LogP contribution in [-0.2, 0) is 18.3 Å². The molecule has 0 unspecified atom stereocenters. The van der Waals surface area contributed by atoms with Gasteiger partial charge in [-0.2, -0.15) is 5.10 Å². The first kappa shape index (κ1) is 20.4. The Bertz CT molecular complexity index is 535. The lowest BCUT2D eigenvalue weighted by Gasteiger charge is -2.34. The van der Waals surface area contributed by atoms with E-state index in [0.29, 0.717) is 12.6 Å². The van der Waals surface area contributed by atoms with E-state index in [0.717, 1.165) is 50.2 Å². The molecule has 25 heavy (non-hydrogen) atoms. The van der Waals surface area contributed by atoms with Crippen molar-refractivity contribution >= 4 is 29.9 Å². The Balaban J connectivity index is 0.00000225. The number of aliphatic imine (C=N–C) groups is 1. The smallest absolute Gasteiger partial charge is 0.194 e. The maximum absolute atomic E-state index is 6.15. The van der Waals surface area contributed by atoms with Crippen molar-refractivity contribution in [2.45, 2.75) is 51.2 Å². The Morgan fingerprint density at radius 1 is 1.28 bits per heavy atom. The van der Waals surface area contributed by atoms with Crippen LogP contribution in [-0.4, -0.2) is 58.5 Å². The zero-order valence-electron chi connectivity index (χ0n) is 15.4. The quantitative estimate of drug-likeness (QED) is 0.413. The molecule has 142 valence electrons. The van der Waals surface area contributed by atoms with Crippen LogP contribution in [0.1, 0.15) is 44.3 Å². The summed E-state index contributed by atoms with van der Waals surface area (Å²) in [6, 6.07) is 0. The molecule has 1 saturated heterocycles. The average molecular weight is 462 g/mol. The van der Waals surface area contributed by atoms with Crippen molar-refractivity contribution in [2.24, 2.45) is 18.0 Å². The van der Waals surface area contributed by atoms with Crippen LogP contribution < -0.4 is 5.32 Å². The lowest BCUT2D eigenvalue weighted by molar-refractivity contribution is 0.00100. The molecule has 1 aliphatic carbocycles. The molecule has 1 aromatic heterocycles. The van der Waals surface area contributed by atoms with E-state index in [2.05, 4.69) is 25.3 Å². The SMILES string of the molecule is CN=C(NCc1ncnn1C)N1CCC(OCC2CCCC2)CC1.I. The fourth-order valence-corrected chi connectivity index (χ4v) is 3.65. The van der Waals surface area contributed by atoms with Crippen molar-refractivity contribution in [2.75, 3.05) is 26.7 Å². The summed E-state index contributed by atoms with van der Waals surface area (Å²) in [4.78, 5) is 11.0. The zero-order valence-corrected chi connectivity index (χ0v) is 17.7. The summed E-state index contributed by atoms with van der Waals surface area (Å²) in [5.41, 5.74) is 0. The number of halogens is 1. The molecule has 1 saturated carbocycles. The van der Waals surface area contributed by atoms with Crippen molar-refractivity contribution < 1.29 is 4.74 Å². The van der Waals surface area contributed by atoms with E-state index in [1.807, 2.05) is 14.1 Å². The minimum absolute atomic E-state index is 0. The van der Waals surface area contributed by atoms with Crippen molar-refractivity contribution in [1.82, 2.24) is 25.0 Å². The van der Waals surface area contributed by atoms with Crippen LogP contribution in [0.2, 0.25) is 0 Å². The number of likely N-dealkylation sites (tertiary alicyclic amines) is 1. The Kier molecular flexibility index (Phi) is 8.41. The van der Waals surface area contributed by atoms with Gasteiger partial charge in [-0.05, 0) is 31.6 Å². The highest BCUT2D eigenvalue weighted by atomic mass is 127. The molecule has 2 aliphatic rings. The van der Waals surface area contributed by atoms with Gasteiger partial charge in [-0.25, -0.2) is 4.98 Å². The van der Waals surface area contributed by atoms with Gasteiger partial charge >= 0.3 is 0 Å². The summed E-state index contributed by atoms with van der Waals surface area (Å²) < 4.78 is 7.94. The third kappa shape index (κ3) is 5.80. The molecule has 0 spiro atoms. The molecule has 0 bridgehead atoms. The summed E-state index contributed by atoms with van der Waals surface area (Å²) >= 11 is 0. The number of guanidine groups is 1. The summed E-state index contributed by atoms with van der Waals surface area (Å²) in [5, 5.41) is 7.48. The first-order valence-corrected chi connectivity index (χ1v) is 9.16. The fraction of sp³-hybridized carbons (Fsp3) is 0.824. The second-order valence-electron chi connectivity index (χ2n) is 6.87. The normalized spacial score (nSPS) is 19.9. The molecule has 3 rings (SSSR count). The van der Waals surface area contributed by atoms with Gasteiger partial charge in [0.1, 0.15) is 12.2 Å². The lowest BCUT2D eigenvalue weighted by Crippen LogP contribution is -2.47. The van der Waals surface area contributed by atoms with E-state index in [1.165, 1.54) is 25.7 Å². The maximum Gasteiger partial charge on any atom is 0.194 e. The van der Waals surface area contributed by atoms with E-state index < -0.39 is 0 Å². The van der Waals surface area contributed by atoms with Crippen molar-refractivity contribution in [3.05, 3.63) is 12.2 Å². The molecular weight excluding hydrogens is 431 g/mol. The number of aromatic nitrogens is 3. The Hall–Kier alpha value is -0.900. The van der Waals surface area contributed by atoms with Crippen molar-refractivity contribution in [3.8, 4) is 0 Å². The first-order valence-electron chi connectivity index (χ1n) is 9.16. The summed E-state index contributed by atoms with van der Waals surface area (Å²) in [6.45, 7) is 3.59. The van der Waals surface area contributed by atoms with E-state index in [4.69, 9.17) is 4.74 Å². The van der Waals surface area contributed by atoms with Gasteiger partial charge in [-0.15, -0.1) is 24.0 Å². The van der Waals surface area contributed by atoms with Crippen LogP contribution >= 0.6 is 24.0 Å². The summed E-state index contributed by atoms with van der Waals surface area (Å²) in [6.07, 6.45) is 9.65. The van der Waals surface area contributed by atoms with Crippen LogP contribution in [0.4, 0.5) is 0 Å². The monoisotopic (exact) mass is 462 g/mol. The number of rotatable bonds is 5. The Morgan fingerprint density at radius 2 is 2.00 bits per heavy atom. The average Bonchev–Trinajstić information content (AvgIpc) is 3.26.